The zero-order valence-electron chi connectivity index (χ0n) is 7.88. The number of anilines is 1. The Morgan fingerprint density at radius 1 is 1.64 bits per heavy atom. The van der Waals surface area contributed by atoms with Crippen LogP contribution in [0.3, 0.4) is 0 Å². The highest BCUT2D eigenvalue weighted by Crippen LogP contribution is 2.26. The van der Waals surface area contributed by atoms with Crippen molar-refractivity contribution in [1.29, 1.82) is 0 Å². The average Bonchev–Trinajstić information content (AvgIpc) is 2.38. The summed E-state index contributed by atoms with van der Waals surface area (Å²) in [5.74, 6) is 0.564. The van der Waals surface area contributed by atoms with Gasteiger partial charge in [0, 0.05) is 0 Å². The van der Waals surface area contributed by atoms with E-state index in [2.05, 4.69) is 22.8 Å². The summed E-state index contributed by atoms with van der Waals surface area (Å²) in [6.07, 6.45) is 1.07. The van der Waals surface area contributed by atoms with E-state index in [1.54, 1.807) is 6.07 Å². The summed E-state index contributed by atoms with van der Waals surface area (Å²) >= 11 is 5.78. The van der Waals surface area contributed by atoms with Gasteiger partial charge < -0.3 is 10.2 Å². The normalized spacial score (nSPS) is 20.3. The molecule has 76 valence electrons. The van der Waals surface area contributed by atoms with E-state index in [1.165, 1.54) is 0 Å². The summed E-state index contributed by atoms with van der Waals surface area (Å²) in [5.41, 5.74) is 6.91. The molecule has 2 heterocycles. The fourth-order valence-corrected chi connectivity index (χ4v) is 1.43. The van der Waals surface area contributed by atoms with Gasteiger partial charge in [0.25, 0.3) is 0 Å². The SMILES string of the molecule is CC[C@@H]1CNNc2ccc(Cl)nc2O1. The molecule has 0 bridgehead atoms. The molecule has 1 aromatic rings. The van der Waals surface area contributed by atoms with Crippen molar-refractivity contribution in [3.8, 4) is 5.88 Å². The van der Waals surface area contributed by atoms with Crippen molar-refractivity contribution in [2.24, 2.45) is 0 Å². The topological polar surface area (TPSA) is 46.2 Å². The highest BCUT2D eigenvalue weighted by molar-refractivity contribution is 6.29. The van der Waals surface area contributed by atoms with Crippen molar-refractivity contribution in [2.45, 2.75) is 19.4 Å². The van der Waals surface area contributed by atoms with E-state index in [4.69, 9.17) is 16.3 Å². The van der Waals surface area contributed by atoms with Crippen LogP contribution in [0.25, 0.3) is 0 Å². The van der Waals surface area contributed by atoms with Crippen molar-refractivity contribution >= 4 is 17.3 Å². The molecule has 0 radical (unpaired) electrons. The molecular weight excluding hydrogens is 202 g/mol. The minimum Gasteiger partial charge on any atom is -0.471 e. The minimum absolute atomic E-state index is 0.134. The minimum atomic E-state index is 0.134. The lowest BCUT2D eigenvalue weighted by atomic mass is 10.3. The molecule has 1 atom stereocenters. The van der Waals surface area contributed by atoms with E-state index in [9.17, 15) is 0 Å². The van der Waals surface area contributed by atoms with Gasteiger partial charge in [-0.05, 0) is 18.6 Å². The van der Waals surface area contributed by atoms with Crippen LogP contribution in [0.2, 0.25) is 5.15 Å². The van der Waals surface area contributed by atoms with Crippen LogP contribution in [0.4, 0.5) is 5.69 Å². The quantitative estimate of drug-likeness (QED) is 0.699. The number of halogens is 1. The Kier molecular flexibility index (Phi) is 2.74. The van der Waals surface area contributed by atoms with Gasteiger partial charge in [0.1, 0.15) is 16.9 Å². The summed E-state index contributed by atoms with van der Waals surface area (Å²) in [6, 6.07) is 3.57. The van der Waals surface area contributed by atoms with Crippen molar-refractivity contribution in [3.63, 3.8) is 0 Å². The number of fused-ring (bicyclic) bond motifs is 1. The predicted octanol–water partition coefficient (Wildman–Crippen LogP) is 1.82. The van der Waals surface area contributed by atoms with Gasteiger partial charge in [-0.1, -0.05) is 18.5 Å². The summed E-state index contributed by atoms with van der Waals surface area (Å²) in [7, 11) is 0. The second-order valence-corrected chi connectivity index (χ2v) is 3.53. The van der Waals surface area contributed by atoms with Crippen LogP contribution in [-0.2, 0) is 0 Å². The van der Waals surface area contributed by atoms with Gasteiger partial charge in [-0.2, -0.15) is 4.98 Å². The number of ether oxygens (including phenoxy) is 1. The molecule has 4 nitrogen and oxygen atoms in total. The molecular formula is C9H12ClN3O. The lowest BCUT2D eigenvalue weighted by molar-refractivity contribution is 0.196. The van der Waals surface area contributed by atoms with Crippen molar-refractivity contribution < 1.29 is 4.74 Å². The number of hydrazine groups is 1. The van der Waals surface area contributed by atoms with Gasteiger partial charge in [-0.15, -0.1) is 0 Å². The standard InChI is InChI=1S/C9H12ClN3O/c1-2-6-5-11-13-7-3-4-8(10)12-9(7)14-6/h3-4,6,11,13H,2,5H2,1H3/t6-/m1/s1. The van der Waals surface area contributed by atoms with Gasteiger partial charge in [0.15, 0.2) is 0 Å². The van der Waals surface area contributed by atoms with Crippen LogP contribution in [0, 0.1) is 0 Å². The summed E-state index contributed by atoms with van der Waals surface area (Å²) < 4.78 is 5.67. The molecule has 14 heavy (non-hydrogen) atoms. The predicted molar refractivity (Wildman–Crippen MR) is 55.6 cm³/mol. The van der Waals surface area contributed by atoms with Crippen LogP contribution < -0.4 is 15.6 Å². The Balaban J connectivity index is 2.28. The number of nitrogens with zero attached hydrogens (tertiary/aromatic N) is 1. The van der Waals surface area contributed by atoms with Crippen molar-refractivity contribution in [2.75, 3.05) is 12.0 Å². The Morgan fingerprint density at radius 2 is 2.50 bits per heavy atom. The Labute approximate surface area is 87.6 Å². The molecule has 1 aliphatic heterocycles. The van der Waals surface area contributed by atoms with E-state index in [1.807, 2.05) is 6.07 Å². The molecule has 0 saturated carbocycles. The molecule has 2 rings (SSSR count). The summed E-state index contributed by atoms with van der Waals surface area (Å²) in [5, 5.41) is 0.447. The van der Waals surface area contributed by atoms with E-state index >= 15 is 0 Å². The van der Waals surface area contributed by atoms with E-state index < -0.39 is 0 Å². The zero-order chi connectivity index (χ0) is 9.97. The van der Waals surface area contributed by atoms with E-state index in [0.717, 1.165) is 18.7 Å². The first-order valence-electron chi connectivity index (χ1n) is 4.61. The van der Waals surface area contributed by atoms with E-state index in [0.29, 0.717) is 11.0 Å². The second kappa shape index (κ2) is 4.02. The third kappa shape index (κ3) is 1.91. The third-order valence-electron chi connectivity index (χ3n) is 2.11. The van der Waals surface area contributed by atoms with Gasteiger partial charge in [0.05, 0.1) is 6.54 Å². The molecule has 0 fully saturated rings. The maximum Gasteiger partial charge on any atom is 0.240 e. The molecule has 1 aliphatic rings. The van der Waals surface area contributed by atoms with Crippen LogP contribution in [-0.4, -0.2) is 17.6 Å². The first-order valence-corrected chi connectivity index (χ1v) is 4.99. The number of nitrogens with one attached hydrogen (secondary N) is 2. The fraction of sp³-hybridized carbons (Fsp3) is 0.444. The van der Waals surface area contributed by atoms with Gasteiger partial charge in [-0.25, -0.2) is 5.43 Å². The van der Waals surface area contributed by atoms with Crippen LogP contribution in [0.1, 0.15) is 13.3 Å². The smallest absolute Gasteiger partial charge is 0.240 e. The number of aromatic nitrogens is 1. The number of hydrogen-bond acceptors (Lipinski definition) is 4. The number of pyridine rings is 1. The first kappa shape index (κ1) is 9.55. The largest absolute Gasteiger partial charge is 0.471 e. The van der Waals surface area contributed by atoms with E-state index in [-0.39, 0.29) is 6.10 Å². The van der Waals surface area contributed by atoms with Crippen LogP contribution in [0.15, 0.2) is 12.1 Å². The average molecular weight is 214 g/mol. The molecule has 0 saturated heterocycles. The highest BCUT2D eigenvalue weighted by Gasteiger charge is 2.16. The number of hydrogen-bond donors (Lipinski definition) is 2. The first-order chi connectivity index (χ1) is 6.79. The molecule has 5 heteroatoms. The molecule has 0 spiro atoms. The van der Waals surface area contributed by atoms with Crippen LogP contribution in [0.5, 0.6) is 5.88 Å². The third-order valence-corrected chi connectivity index (χ3v) is 2.32. The Morgan fingerprint density at radius 3 is 3.29 bits per heavy atom. The maximum absolute atomic E-state index is 5.78. The molecule has 0 aromatic carbocycles. The maximum atomic E-state index is 5.78. The summed E-state index contributed by atoms with van der Waals surface area (Å²) in [4.78, 5) is 4.11. The van der Waals surface area contributed by atoms with Crippen LogP contribution >= 0.6 is 11.6 Å². The molecule has 0 unspecified atom stereocenters. The lowest BCUT2D eigenvalue weighted by Crippen LogP contribution is -2.31. The Bertz CT molecular complexity index is 332. The fourth-order valence-electron chi connectivity index (χ4n) is 1.29. The second-order valence-electron chi connectivity index (χ2n) is 3.14. The van der Waals surface area contributed by atoms with Gasteiger partial charge in [-0.3, -0.25) is 0 Å². The highest BCUT2D eigenvalue weighted by atomic mass is 35.5. The van der Waals surface area contributed by atoms with Gasteiger partial charge >= 0.3 is 0 Å². The van der Waals surface area contributed by atoms with Gasteiger partial charge in [0.2, 0.25) is 5.88 Å². The summed E-state index contributed by atoms with van der Waals surface area (Å²) in [6.45, 7) is 2.83. The zero-order valence-corrected chi connectivity index (χ0v) is 8.64. The molecule has 2 N–H and O–H groups in total. The Hall–Kier alpha value is -1.00. The molecule has 1 aromatic heterocycles. The van der Waals surface area contributed by atoms with Crippen molar-refractivity contribution in [3.05, 3.63) is 17.3 Å². The molecule has 0 amide bonds. The van der Waals surface area contributed by atoms with Crippen molar-refractivity contribution in [1.82, 2.24) is 10.4 Å². The number of rotatable bonds is 1. The monoisotopic (exact) mass is 213 g/mol. The lowest BCUT2D eigenvalue weighted by Gasteiger charge is -2.12. The molecule has 0 aliphatic carbocycles.